The summed E-state index contributed by atoms with van der Waals surface area (Å²) >= 11 is 0. The van der Waals surface area contributed by atoms with Gasteiger partial charge in [-0.15, -0.1) is 0 Å². The van der Waals surface area contributed by atoms with E-state index < -0.39 is 42.8 Å². The van der Waals surface area contributed by atoms with Gasteiger partial charge in [0, 0.05) is 0 Å². The van der Waals surface area contributed by atoms with Gasteiger partial charge in [-0.05, 0) is 65.2 Å². The third-order valence-electron chi connectivity index (χ3n) is 8.39. The molecule has 0 aliphatic heterocycles. The second-order valence-corrected chi connectivity index (χ2v) is 15.8. The SMILES string of the molecule is C=C1CC(C(=O)OCC)(C(=O)OCC)C[C@@H]1[C@H]1CC(C(=O)OCC)(C(=O)OCC)C/C1=C/[Si](C)(C)c1ccccc1. The Labute approximate surface area is 244 Å². The van der Waals surface area contributed by atoms with Crippen LogP contribution in [-0.2, 0) is 38.1 Å². The lowest BCUT2D eigenvalue weighted by molar-refractivity contribution is -0.174. The number of carbonyl (C=O) groups is 4. The van der Waals surface area contributed by atoms with Gasteiger partial charge in [-0.3, -0.25) is 19.2 Å². The predicted molar refractivity (Wildman–Crippen MR) is 158 cm³/mol. The molecule has 2 aliphatic rings. The highest BCUT2D eigenvalue weighted by Gasteiger charge is 2.62. The predicted octanol–water partition coefficient (Wildman–Crippen LogP) is 4.67. The molecule has 0 bridgehead atoms. The summed E-state index contributed by atoms with van der Waals surface area (Å²) in [6, 6.07) is 10.2. The molecular weight excluding hydrogens is 540 g/mol. The Kier molecular flexibility index (Phi) is 10.4. The highest BCUT2D eigenvalue weighted by Crippen LogP contribution is 2.58. The van der Waals surface area contributed by atoms with Gasteiger partial charge in [-0.1, -0.05) is 72.0 Å². The smallest absolute Gasteiger partial charge is 0.323 e. The Balaban J connectivity index is 2.16. The van der Waals surface area contributed by atoms with Crippen molar-refractivity contribution in [3.8, 4) is 0 Å². The summed E-state index contributed by atoms with van der Waals surface area (Å²) < 4.78 is 21.6. The van der Waals surface area contributed by atoms with E-state index in [1.807, 2.05) is 18.2 Å². The molecule has 0 heterocycles. The van der Waals surface area contributed by atoms with Crippen molar-refractivity contribution in [3.05, 3.63) is 53.8 Å². The lowest BCUT2D eigenvalue weighted by Crippen LogP contribution is -2.41. The summed E-state index contributed by atoms with van der Waals surface area (Å²) in [6.07, 6.45) is 0.500. The fourth-order valence-corrected chi connectivity index (χ4v) is 8.90. The van der Waals surface area contributed by atoms with Gasteiger partial charge in [-0.2, -0.15) is 0 Å². The monoisotopic (exact) mass is 584 g/mol. The Morgan fingerprint density at radius 3 is 1.61 bits per heavy atom. The lowest BCUT2D eigenvalue weighted by atomic mass is 9.78. The fraction of sp³-hybridized carbons (Fsp3) is 0.562. The quantitative estimate of drug-likeness (QED) is 0.122. The molecule has 0 spiro atoms. The number of allylic oxidation sites excluding steroid dienone is 2. The molecule has 8 nitrogen and oxygen atoms in total. The van der Waals surface area contributed by atoms with Gasteiger partial charge in [0.15, 0.2) is 10.8 Å². The summed E-state index contributed by atoms with van der Waals surface area (Å²) in [4.78, 5) is 53.6. The average molecular weight is 585 g/mol. The van der Waals surface area contributed by atoms with Crippen molar-refractivity contribution in [1.82, 2.24) is 0 Å². The zero-order valence-corrected chi connectivity index (χ0v) is 26.2. The van der Waals surface area contributed by atoms with Gasteiger partial charge in [0.25, 0.3) is 0 Å². The van der Waals surface area contributed by atoms with E-state index in [0.29, 0.717) is 5.57 Å². The van der Waals surface area contributed by atoms with Crippen molar-refractivity contribution < 1.29 is 38.1 Å². The molecule has 0 N–H and O–H groups in total. The molecule has 0 saturated heterocycles. The Hall–Kier alpha value is -3.20. The standard InChI is InChI=1S/C32H44O8Si/c1-8-37-27(33)31(28(34)38-9-2)17-22(5)25(19-31)26-20-32(29(35)39-10-3,30(36)40-11-4)18-23(26)21-41(6,7)24-15-13-12-14-16-24/h12-16,21,25-26H,5,8-11,17-20H2,1-4,6-7H3/b23-21-/t25-,26-/m0/s1. The van der Waals surface area contributed by atoms with Crippen LogP contribution in [0.3, 0.4) is 0 Å². The number of esters is 4. The molecule has 3 rings (SSSR count). The molecule has 0 unspecified atom stereocenters. The molecule has 1 aromatic carbocycles. The molecule has 2 fully saturated rings. The van der Waals surface area contributed by atoms with Crippen LogP contribution in [0.25, 0.3) is 0 Å². The Morgan fingerprint density at radius 1 is 0.756 bits per heavy atom. The largest absolute Gasteiger partial charge is 0.465 e. The highest BCUT2D eigenvalue weighted by atomic mass is 28.3. The zero-order chi connectivity index (χ0) is 30.4. The van der Waals surface area contributed by atoms with E-state index in [1.165, 1.54) is 5.19 Å². The Bertz CT molecular complexity index is 1150. The van der Waals surface area contributed by atoms with Crippen molar-refractivity contribution in [3.63, 3.8) is 0 Å². The van der Waals surface area contributed by atoms with E-state index in [2.05, 4.69) is 37.5 Å². The minimum absolute atomic E-state index is 0.0877. The van der Waals surface area contributed by atoms with Crippen LogP contribution in [0.4, 0.5) is 0 Å². The summed E-state index contributed by atoms with van der Waals surface area (Å²) in [5, 5.41) is 1.20. The first kappa shape index (κ1) is 32.3. The summed E-state index contributed by atoms with van der Waals surface area (Å²) in [7, 11) is -2.21. The molecule has 0 aromatic heterocycles. The van der Waals surface area contributed by atoms with Gasteiger partial charge >= 0.3 is 23.9 Å². The maximum Gasteiger partial charge on any atom is 0.323 e. The Morgan fingerprint density at radius 2 is 1.17 bits per heavy atom. The molecule has 0 amide bonds. The van der Waals surface area contributed by atoms with Crippen LogP contribution in [0, 0.1) is 22.7 Å². The van der Waals surface area contributed by atoms with E-state index in [9.17, 15) is 19.2 Å². The number of hydrogen-bond donors (Lipinski definition) is 0. The zero-order valence-electron chi connectivity index (χ0n) is 25.2. The number of carbonyl (C=O) groups excluding carboxylic acids is 4. The average Bonchev–Trinajstić information content (AvgIpc) is 3.49. The van der Waals surface area contributed by atoms with Gasteiger partial charge in [-0.25, -0.2) is 0 Å². The molecule has 0 radical (unpaired) electrons. The fourth-order valence-electron chi connectivity index (χ4n) is 6.43. The molecule has 2 atom stereocenters. The van der Waals surface area contributed by atoms with Crippen LogP contribution >= 0.6 is 0 Å². The summed E-state index contributed by atoms with van der Waals surface area (Å²) in [6.45, 7) is 16.0. The second-order valence-electron chi connectivity index (χ2n) is 11.5. The molecule has 2 saturated carbocycles. The third-order valence-corrected chi connectivity index (χ3v) is 11.3. The molecular formula is C32H44O8Si. The maximum atomic E-state index is 13.5. The molecule has 2 aliphatic carbocycles. The van der Waals surface area contributed by atoms with Crippen LogP contribution in [0.2, 0.25) is 13.1 Å². The van der Waals surface area contributed by atoms with E-state index in [0.717, 1.165) is 5.57 Å². The first-order chi connectivity index (χ1) is 19.4. The molecule has 224 valence electrons. The molecule has 1 aromatic rings. The number of ether oxygens (including phenoxy) is 4. The highest BCUT2D eigenvalue weighted by molar-refractivity contribution is 6.94. The number of hydrogen-bond acceptors (Lipinski definition) is 8. The minimum atomic E-state index is -2.21. The van der Waals surface area contributed by atoms with Gasteiger partial charge in [0.1, 0.15) is 8.07 Å². The van der Waals surface area contributed by atoms with Gasteiger partial charge < -0.3 is 18.9 Å². The van der Waals surface area contributed by atoms with Crippen molar-refractivity contribution >= 4 is 37.1 Å². The van der Waals surface area contributed by atoms with Crippen LogP contribution in [0.5, 0.6) is 0 Å². The first-order valence-electron chi connectivity index (χ1n) is 14.6. The van der Waals surface area contributed by atoms with Crippen LogP contribution in [0.15, 0.2) is 53.8 Å². The summed E-state index contributed by atoms with van der Waals surface area (Å²) in [5.74, 6) is -3.19. The van der Waals surface area contributed by atoms with Gasteiger partial charge in [0.2, 0.25) is 0 Å². The van der Waals surface area contributed by atoms with Crippen molar-refractivity contribution in [2.24, 2.45) is 22.7 Å². The number of benzene rings is 1. The van der Waals surface area contributed by atoms with Crippen molar-refractivity contribution in [1.29, 1.82) is 0 Å². The van der Waals surface area contributed by atoms with E-state index in [1.54, 1.807) is 27.7 Å². The number of rotatable bonds is 11. The first-order valence-corrected chi connectivity index (χ1v) is 17.6. The van der Waals surface area contributed by atoms with E-state index in [4.69, 9.17) is 18.9 Å². The van der Waals surface area contributed by atoms with E-state index >= 15 is 0 Å². The second kappa shape index (κ2) is 13.2. The molecule has 41 heavy (non-hydrogen) atoms. The van der Waals surface area contributed by atoms with Crippen molar-refractivity contribution in [2.75, 3.05) is 26.4 Å². The molecule has 9 heteroatoms. The van der Waals surface area contributed by atoms with Crippen LogP contribution in [-0.4, -0.2) is 58.4 Å². The topological polar surface area (TPSA) is 105 Å². The van der Waals surface area contributed by atoms with Crippen molar-refractivity contribution in [2.45, 2.75) is 66.5 Å². The normalized spacial score (nSPS) is 22.3. The van der Waals surface area contributed by atoms with E-state index in [-0.39, 0.29) is 63.9 Å². The third kappa shape index (κ3) is 6.35. The minimum Gasteiger partial charge on any atom is -0.465 e. The van der Waals surface area contributed by atoms with Gasteiger partial charge in [0.05, 0.1) is 26.4 Å². The lowest BCUT2D eigenvalue weighted by Gasteiger charge is -2.28. The van der Waals surface area contributed by atoms with Crippen LogP contribution in [0.1, 0.15) is 53.4 Å². The maximum absolute atomic E-state index is 13.5. The van der Waals surface area contributed by atoms with Crippen LogP contribution < -0.4 is 5.19 Å². The summed E-state index contributed by atoms with van der Waals surface area (Å²) in [5.41, 5.74) is 0.828.